The highest BCUT2D eigenvalue weighted by molar-refractivity contribution is 5.40. The van der Waals surface area contributed by atoms with E-state index in [0.29, 0.717) is 0 Å². The summed E-state index contributed by atoms with van der Waals surface area (Å²) in [4.78, 5) is 2.61. The summed E-state index contributed by atoms with van der Waals surface area (Å²) < 4.78 is 0. The van der Waals surface area contributed by atoms with Gasteiger partial charge in [0.25, 0.3) is 0 Å². The third-order valence-corrected chi connectivity index (χ3v) is 3.20. The van der Waals surface area contributed by atoms with E-state index in [4.69, 9.17) is 5.73 Å². The van der Waals surface area contributed by atoms with Gasteiger partial charge >= 0.3 is 0 Å². The first-order valence-corrected chi connectivity index (χ1v) is 6.38. The van der Waals surface area contributed by atoms with Crippen molar-refractivity contribution in [1.82, 2.24) is 4.90 Å². The number of nitrogens with two attached hydrogens (primary N) is 1. The summed E-state index contributed by atoms with van der Waals surface area (Å²) in [5.41, 5.74) is 8.04. The smallest absolute Gasteiger partial charge is 0.0317 e. The van der Waals surface area contributed by atoms with Crippen LogP contribution in [0.4, 0.5) is 5.69 Å². The molecule has 2 N–H and O–H groups in total. The molecule has 0 spiro atoms. The number of anilines is 1. The molecule has 1 fully saturated rings. The minimum absolute atomic E-state index is 0.841. The van der Waals surface area contributed by atoms with E-state index in [1.165, 1.54) is 37.8 Å². The highest BCUT2D eigenvalue weighted by atomic mass is 15.2. The number of unbranched alkanes of at least 4 members (excludes halogenated alkanes) is 1. The molecule has 0 atom stereocenters. The summed E-state index contributed by atoms with van der Waals surface area (Å²) >= 11 is 0. The second-order valence-corrected chi connectivity index (χ2v) is 4.80. The number of hydrogen-bond acceptors (Lipinski definition) is 2. The molecule has 88 valence electrons. The maximum Gasteiger partial charge on any atom is 0.0317 e. The molecule has 0 unspecified atom stereocenters. The zero-order valence-corrected chi connectivity index (χ0v) is 10.2. The Hall–Kier alpha value is -1.02. The Labute approximate surface area is 98.4 Å². The van der Waals surface area contributed by atoms with Crippen LogP contribution in [0.2, 0.25) is 0 Å². The van der Waals surface area contributed by atoms with Gasteiger partial charge in [-0.25, -0.2) is 0 Å². The molecule has 1 saturated carbocycles. The molecule has 0 aromatic heterocycles. The molecule has 2 rings (SSSR count). The van der Waals surface area contributed by atoms with Crippen molar-refractivity contribution in [3.63, 3.8) is 0 Å². The first kappa shape index (κ1) is 11.5. The molecular formula is C14H22N2. The second kappa shape index (κ2) is 5.35. The predicted octanol–water partition coefficient (Wildman–Crippen LogP) is 3.03. The number of nitrogens with zero attached hydrogens (tertiary/aromatic N) is 1. The minimum Gasteiger partial charge on any atom is -0.399 e. The van der Waals surface area contributed by atoms with Crippen LogP contribution in [0.3, 0.4) is 0 Å². The van der Waals surface area contributed by atoms with E-state index < -0.39 is 0 Å². The van der Waals surface area contributed by atoms with Crippen molar-refractivity contribution in [2.24, 2.45) is 0 Å². The third-order valence-electron chi connectivity index (χ3n) is 3.20. The minimum atomic E-state index is 0.841. The van der Waals surface area contributed by atoms with Crippen molar-refractivity contribution in [1.29, 1.82) is 0 Å². The van der Waals surface area contributed by atoms with Crippen molar-refractivity contribution in [2.75, 3.05) is 12.3 Å². The van der Waals surface area contributed by atoms with Crippen molar-refractivity contribution in [2.45, 2.75) is 45.2 Å². The van der Waals surface area contributed by atoms with Crippen LogP contribution >= 0.6 is 0 Å². The Morgan fingerprint density at radius 3 is 2.81 bits per heavy atom. The number of benzene rings is 1. The summed E-state index contributed by atoms with van der Waals surface area (Å²) in [5.74, 6) is 0. The van der Waals surface area contributed by atoms with Gasteiger partial charge in [0.15, 0.2) is 0 Å². The zero-order valence-electron chi connectivity index (χ0n) is 10.2. The second-order valence-electron chi connectivity index (χ2n) is 4.80. The molecule has 1 aromatic carbocycles. The van der Waals surface area contributed by atoms with Crippen LogP contribution in [-0.2, 0) is 6.54 Å². The van der Waals surface area contributed by atoms with E-state index in [9.17, 15) is 0 Å². The highest BCUT2D eigenvalue weighted by Crippen LogP contribution is 2.28. The van der Waals surface area contributed by atoms with Crippen LogP contribution in [-0.4, -0.2) is 17.5 Å². The Bertz CT molecular complexity index is 331. The van der Waals surface area contributed by atoms with E-state index in [-0.39, 0.29) is 0 Å². The van der Waals surface area contributed by atoms with Gasteiger partial charge in [0.1, 0.15) is 0 Å². The molecule has 2 nitrogen and oxygen atoms in total. The average Bonchev–Trinajstić information content (AvgIpc) is 3.08. The summed E-state index contributed by atoms with van der Waals surface area (Å²) in [6, 6.07) is 9.12. The number of nitrogen functional groups attached to an aromatic ring is 1. The van der Waals surface area contributed by atoms with E-state index in [1.54, 1.807) is 0 Å². The topological polar surface area (TPSA) is 29.3 Å². The summed E-state index contributed by atoms with van der Waals surface area (Å²) in [6.45, 7) is 4.55. The van der Waals surface area contributed by atoms with E-state index in [1.807, 2.05) is 6.07 Å². The zero-order chi connectivity index (χ0) is 11.4. The van der Waals surface area contributed by atoms with Gasteiger partial charge in [-0.05, 0) is 43.5 Å². The maximum atomic E-state index is 5.81. The van der Waals surface area contributed by atoms with Crippen LogP contribution in [0.5, 0.6) is 0 Å². The molecule has 0 saturated heterocycles. The third kappa shape index (κ3) is 3.24. The molecule has 0 bridgehead atoms. The molecule has 0 heterocycles. The van der Waals surface area contributed by atoms with Gasteiger partial charge in [-0.3, -0.25) is 4.90 Å². The van der Waals surface area contributed by atoms with E-state index in [2.05, 4.69) is 30.0 Å². The largest absolute Gasteiger partial charge is 0.399 e. The van der Waals surface area contributed by atoms with Crippen LogP contribution in [0.15, 0.2) is 24.3 Å². The van der Waals surface area contributed by atoms with Gasteiger partial charge < -0.3 is 5.73 Å². The SMILES string of the molecule is CCCCN(Cc1cccc(N)c1)C1CC1. The first-order chi connectivity index (χ1) is 7.79. The van der Waals surface area contributed by atoms with Crippen molar-refractivity contribution < 1.29 is 0 Å². The van der Waals surface area contributed by atoms with Crippen molar-refractivity contribution >= 4 is 5.69 Å². The van der Waals surface area contributed by atoms with Crippen LogP contribution in [0, 0.1) is 0 Å². The molecule has 0 radical (unpaired) electrons. The predicted molar refractivity (Wildman–Crippen MR) is 69.2 cm³/mol. The number of hydrogen-bond donors (Lipinski definition) is 1. The fraction of sp³-hybridized carbons (Fsp3) is 0.571. The maximum absolute atomic E-state index is 5.81. The summed E-state index contributed by atoms with van der Waals surface area (Å²) in [5, 5.41) is 0. The molecule has 0 aliphatic heterocycles. The lowest BCUT2D eigenvalue weighted by atomic mass is 10.2. The Balaban J connectivity index is 1.94. The fourth-order valence-electron chi connectivity index (χ4n) is 2.12. The highest BCUT2D eigenvalue weighted by Gasteiger charge is 2.28. The Kier molecular flexibility index (Phi) is 3.83. The molecule has 1 aliphatic carbocycles. The normalized spacial score (nSPS) is 15.6. The molecule has 16 heavy (non-hydrogen) atoms. The average molecular weight is 218 g/mol. The first-order valence-electron chi connectivity index (χ1n) is 6.38. The van der Waals surface area contributed by atoms with Gasteiger partial charge in [0, 0.05) is 18.3 Å². The lowest BCUT2D eigenvalue weighted by Crippen LogP contribution is -2.26. The van der Waals surface area contributed by atoms with Gasteiger partial charge in [0.05, 0.1) is 0 Å². The van der Waals surface area contributed by atoms with Gasteiger partial charge in [-0.15, -0.1) is 0 Å². The van der Waals surface area contributed by atoms with E-state index in [0.717, 1.165) is 18.3 Å². The lowest BCUT2D eigenvalue weighted by Gasteiger charge is -2.21. The van der Waals surface area contributed by atoms with Gasteiger partial charge in [-0.1, -0.05) is 25.5 Å². The summed E-state index contributed by atoms with van der Waals surface area (Å²) in [7, 11) is 0. The monoisotopic (exact) mass is 218 g/mol. The number of rotatable bonds is 6. The molecule has 1 aromatic rings. The Morgan fingerprint density at radius 2 is 2.19 bits per heavy atom. The quantitative estimate of drug-likeness (QED) is 0.744. The molecule has 2 heteroatoms. The molecule has 0 amide bonds. The van der Waals surface area contributed by atoms with Crippen LogP contribution in [0.25, 0.3) is 0 Å². The van der Waals surface area contributed by atoms with Crippen molar-refractivity contribution in [3.8, 4) is 0 Å². The molecule has 1 aliphatic rings. The van der Waals surface area contributed by atoms with Crippen molar-refractivity contribution in [3.05, 3.63) is 29.8 Å². The summed E-state index contributed by atoms with van der Waals surface area (Å²) in [6.07, 6.45) is 5.34. The Morgan fingerprint density at radius 1 is 1.38 bits per heavy atom. The van der Waals surface area contributed by atoms with Gasteiger partial charge in [0.2, 0.25) is 0 Å². The van der Waals surface area contributed by atoms with E-state index >= 15 is 0 Å². The fourth-order valence-corrected chi connectivity index (χ4v) is 2.12. The van der Waals surface area contributed by atoms with Crippen LogP contribution < -0.4 is 5.73 Å². The van der Waals surface area contributed by atoms with Crippen LogP contribution in [0.1, 0.15) is 38.2 Å². The molecular weight excluding hydrogens is 196 g/mol. The lowest BCUT2D eigenvalue weighted by molar-refractivity contribution is 0.251. The van der Waals surface area contributed by atoms with Gasteiger partial charge in [-0.2, -0.15) is 0 Å². The standard InChI is InChI=1S/C14H22N2/c1-2-3-9-16(14-7-8-14)11-12-5-4-6-13(15)10-12/h4-6,10,14H,2-3,7-9,11,15H2,1H3.